The van der Waals surface area contributed by atoms with E-state index in [4.69, 9.17) is 0 Å². The van der Waals surface area contributed by atoms with Crippen molar-refractivity contribution in [3.05, 3.63) is 101 Å². The van der Waals surface area contributed by atoms with Crippen molar-refractivity contribution < 1.29 is 0 Å². The molecule has 0 amide bonds. The van der Waals surface area contributed by atoms with E-state index in [0.29, 0.717) is 0 Å². The van der Waals surface area contributed by atoms with Gasteiger partial charge in [-0.2, -0.15) is 0 Å². The van der Waals surface area contributed by atoms with Crippen molar-refractivity contribution >= 4 is 18.2 Å². The van der Waals surface area contributed by atoms with Crippen molar-refractivity contribution in [2.45, 2.75) is 13.8 Å². The molecule has 24 heavy (non-hydrogen) atoms. The topological polar surface area (TPSA) is 0 Å². The number of hydrogen-bond donors (Lipinski definition) is 0. The summed E-state index contributed by atoms with van der Waals surface area (Å²) in [6.45, 7) is 4.18. The van der Waals surface area contributed by atoms with Gasteiger partial charge in [-0.3, -0.25) is 0 Å². The minimum absolute atomic E-state index is 1.21. The van der Waals surface area contributed by atoms with E-state index in [2.05, 4.69) is 105 Å². The van der Waals surface area contributed by atoms with Gasteiger partial charge in [-0.1, -0.05) is 96.6 Å². The maximum Gasteiger partial charge on any atom is -0.0178 e. The molecular formula is C24H22. The third-order valence-corrected chi connectivity index (χ3v) is 4.07. The molecule has 0 N–H and O–H groups in total. The van der Waals surface area contributed by atoms with Crippen LogP contribution in [-0.2, 0) is 0 Å². The number of benzene rings is 3. The summed E-state index contributed by atoms with van der Waals surface area (Å²) >= 11 is 0. The molecule has 0 saturated carbocycles. The molecule has 3 aromatic rings. The van der Waals surface area contributed by atoms with Crippen LogP contribution in [0.4, 0.5) is 0 Å². The van der Waals surface area contributed by atoms with Crippen molar-refractivity contribution in [3.63, 3.8) is 0 Å². The van der Waals surface area contributed by atoms with Crippen LogP contribution in [0.15, 0.2) is 78.9 Å². The second-order valence-corrected chi connectivity index (χ2v) is 5.95. The molecule has 0 unspecified atom stereocenters. The standard InChI is InChI=1S/C24H22/c1-3-7-23-18-24(21-13-10-19(2)11-14-21)17-16-22(23)15-12-20-8-5-4-6-9-20/h3-18H,1-2H3/b7-3+,15-12-. The minimum Gasteiger partial charge on any atom is -0.0870 e. The molecule has 0 radical (unpaired) electrons. The van der Waals surface area contributed by atoms with Crippen LogP contribution in [0.5, 0.6) is 0 Å². The first kappa shape index (κ1) is 16.0. The van der Waals surface area contributed by atoms with Crippen molar-refractivity contribution in [2.75, 3.05) is 0 Å². The molecule has 0 aliphatic carbocycles. The van der Waals surface area contributed by atoms with Crippen molar-refractivity contribution in [1.82, 2.24) is 0 Å². The fourth-order valence-corrected chi connectivity index (χ4v) is 2.73. The number of hydrogen-bond acceptors (Lipinski definition) is 0. The van der Waals surface area contributed by atoms with E-state index in [1.165, 1.54) is 33.4 Å². The van der Waals surface area contributed by atoms with Gasteiger partial charge in [-0.05, 0) is 47.7 Å². The maximum absolute atomic E-state index is 2.26. The van der Waals surface area contributed by atoms with Gasteiger partial charge in [0.1, 0.15) is 0 Å². The quantitative estimate of drug-likeness (QED) is 0.461. The van der Waals surface area contributed by atoms with E-state index in [-0.39, 0.29) is 0 Å². The second-order valence-electron chi connectivity index (χ2n) is 5.95. The van der Waals surface area contributed by atoms with Gasteiger partial charge in [-0.15, -0.1) is 0 Å². The molecule has 0 saturated heterocycles. The third-order valence-electron chi connectivity index (χ3n) is 4.07. The molecular weight excluding hydrogens is 288 g/mol. The monoisotopic (exact) mass is 310 g/mol. The van der Waals surface area contributed by atoms with E-state index >= 15 is 0 Å². The molecule has 0 fully saturated rings. The Bertz CT molecular complexity index is 850. The SMILES string of the molecule is C/C=C/c1cc(-c2ccc(C)cc2)ccc1/C=C\c1ccccc1. The predicted molar refractivity (Wildman–Crippen MR) is 107 cm³/mol. The lowest BCUT2D eigenvalue weighted by molar-refractivity contribution is 1.46. The van der Waals surface area contributed by atoms with Crippen LogP contribution >= 0.6 is 0 Å². The highest BCUT2D eigenvalue weighted by molar-refractivity contribution is 5.78. The van der Waals surface area contributed by atoms with E-state index in [9.17, 15) is 0 Å². The fraction of sp³-hybridized carbons (Fsp3) is 0.0833. The van der Waals surface area contributed by atoms with Gasteiger partial charge in [0.2, 0.25) is 0 Å². The van der Waals surface area contributed by atoms with Crippen LogP contribution in [0.25, 0.3) is 29.4 Å². The summed E-state index contributed by atoms with van der Waals surface area (Å²) in [7, 11) is 0. The Kier molecular flexibility index (Phi) is 5.08. The Balaban J connectivity index is 1.95. The Morgan fingerprint density at radius 2 is 1.33 bits per heavy atom. The maximum atomic E-state index is 2.26. The first-order valence-electron chi connectivity index (χ1n) is 8.33. The normalized spacial score (nSPS) is 11.4. The van der Waals surface area contributed by atoms with Gasteiger partial charge >= 0.3 is 0 Å². The summed E-state index contributed by atoms with van der Waals surface area (Å²) in [5, 5.41) is 0. The smallest absolute Gasteiger partial charge is 0.0178 e. The zero-order chi connectivity index (χ0) is 16.8. The molecule has 3 rings (SSSR count). The molecule has 0 aliphatic rings. The highest BCUT2D eigenvalue weighted by Crippen LogP contribution is 2.25. The van der Waals surface area contributed by atoms with Crippen LogP contribution in [0.3, 0.4) is 0 Å². The third kappa shape index (κ3) is 3.91. The number of aryl methyl sites for hydroxylation is 1. The van der Waals surface area contributed by atoms with Crippen LogP contribution in [0.2, 0.25) is 0 Å². The Labute approximate surface area is 144 Å². The van der Waals surface area contributed by atoms with E-state index < -0.39 is 0 Å². The van der Waals surface area contributed by atoms with Gasteiger partial charge in [0.25, 0.3) is 0 Å². The van der Waals surface area contributed by atoms with Crippen molar-refractivity contribution in [2.24, 2.45) is 0 Å². The van der Waals surface area contributed by atoms with Gasteiger partial charge in [0, 0.05) is 0 Å². The Hall–Kier alpha value is -2.86. The predicted octanol–water partition coefficient (Wildman–Crippen LogP) is 6.87. The summed E-state index contributed by atoms with van der Waals surface area (Å²) in [6, 6.07) is 25.7. The largest absolute Gasteiger partial charge is 0.0870 e. The molecule has 0 heteroatoms. The highest BCUT2D eigenvalue weighted by Gasteiger charge is 2.02. The lowest BCUT2D eigenvalue weighted by Gasteiger charge is -2.07. The molecule has 0 heterocycles. The van der Waals surface area contributed by atoms with E-state index in [0.717, 1.165) is 0 Å². The fourth-order valence-electron chi connectivity index (χ4n) is 2.73. The van der Waals surface area contributed by atoms with Crippen LogP contribution in [0, 0.1) is 6.92 Å². The zero-order valence-electron chi connectivity index (χ0n) is 14.2. The highest BCUT2D eigenvalue weighted by atomic mass is 14.1. The van der Waals surface area contributed by atoms with Crippen LogP contribution in [0.1, 0.15) is 29.2 Å². The van der Waals surface area contributed by atoms with E-state index in [1.807, 2.05) is 6.07 Å². The first-order chi connectivity index (χ1) is 11.8. The van der Waals surface area contributed by atoms with Gasteiger partial charge in [-0.25, -0.2) is 0 Å². The molecule has 118 valence electrons. The summed E-state index contributed by atoms with van der Waals surface area (Å²) < 4.78 is 0. The Morgan fingerprint density at radius 1 is 0.625 bits per heavy atom. The van der Waals surface area contributed by atoms with Gasteiger partial charge < -0.3 is 0 Å². The average molecular weight is 310 g/mol. The molecule has 3 aromatic carbocycles. The minimum atomic E-state index is 1.21. The van der Waals surface area contributed by atoms with Crippen molar-refractivity contribution in [1.29, 1.82) is 0 Å². The average Bonchev–Trinajstić information content (AvgIpc) is 2.62. The summed E-state index contributed by atoms with van der Waals surface area (Å²) in [5.41, 5.74) is 7.47. The second kappa shape index (κ2) is 7.61. The summed E-state index contributed by atoms with van der Waals surface area (Å²) in [6.07, 6.45) is 8.61. The lowest BCUT2D eigenvalue weighted by atomic mass is 9.97. The van der Waals surface area contributed by atoms with E-state index in [1.54, 1.807) is 0 Å². The Morgan fingerprint density at radius 3 is 2.04 bits per heavy atom. The lowest BCUT2D eigenvalue weighted by Crippen LogP contribution is -1.85. The van der Waals surface area contributed by atoms with Gasteiger partial charge in [0.05, 0.1) is 0 Å². The molecule has 0 aliphatic heterocycles. The molecule has 0 bridgehead atoms. The van der Waals surface area contributed by atoms with Crippen molar-refractivity contribution in [3.8, 4) is 11.1 Å². The van der Waals surface area contributed by atoms with Crippen LogP contribution < -0.4 is 0 Å². The van der Waals surface area contributed by atoms with Crippen LogP contribution in [-0.4, -0.2) is 0 Å². The van der Waals surface area contributed by atoms with Gasteiger partial charge in [0.15, 0.2) is 0 Å². The molecule has 0 nitrogen and oxygen atoms in total. The first-order valence-corrected chi connectivity index (χ1v) is 8.33. The zero-order valence-corrected chi connectivity index (χ0v) is 14.2. The summed E-state index contributed by atoms with van der Waals surface area (Å²) in [5.74, 6) is 0. The number of rotatable bonds is 4. The molecule has 0 aromatic heterocycles. The molecule has 0 atom stereocenters. The summed E-state index contributed by atoms with van der Waals surface area (Å²) in [4.78, 5) is 0. The molecule has 0 spiro atoms. The number of allylic oxidation sites excluding steroid dienone is 1.